The zero-order valence-electron chi connectivity index (χ0n) is 8.38. The van der Waals surface area contributed by atoms with E-state index in [1.165, 1.54) is 6.92 Å². The monoisotopic (exact) mass is 353 g/mol. The molecule has 16 heavy (non-hydrogen) atoms. The lowest BCUT2D eigenvalue weighted by Crippen LogP contribution is -2.51. The Hall–Kier alpha value is -0.530. The van der Waals surface area contributed by atoms with E-state index in [4.69, 9.17) is 21.4 Å². The van der Waals surface area contributed by atoms with E-state index < -0.39 is 5.60 Å². The van der Waals surface area contributed by atoms with Crippen LogP contribution in [0.2, 0.25) is 5.02 Å². The van der Waals surface area contributed by atoms with Gasteiger partial charge >= 0.3 is 0 Å². The average molecular weight is 354 g/mol. The van der Waals surface area contributed by atoms with Crippen LogP contribution in [0.4, 0.5) is 5.69 Å². The third-order valence-corrected chi connectivity index (χ3v) is 3.44. The van der Waals surface area contributed by atoms with E-state index in [1.54, 1.807) is 12.1 Å². The van der Waals surface area contributed by atoms with E-state index in [1.807, 2.05) is 0 Å². The zero-order valence-corrected chi connectivity index (χ0v) is 11.3. The van der Waals surface area contributed by atoms with Gasteiger partial charge in [0.25, 0.3) is 5.91 Å². The maximum absolute atomic E-state index is 11.7. The molecule has 1 aromatic rings. The van der Waals surface area contributed by atoms with Gasteiger partial charge in [-0.25, -0.2) is 0 Å². The van der Waals surface area contributed by atoms with Gasteiger partial charge in [-0.05, 0) is 35.6 Å². The third kappa shape index (κ3) is 1.87. The number of anilines is 1. The van der Waals surface area contributed by atoms with Gasteiger partial charge in [-0.15, -0.1) is 0 Å². The number of fused-ring (bicyclic) bond motifs is 1. The molecule has 0 bridgehead atoms. The summed E-state index contributed by atoms with van der Waals surface area (Å²) >= 11 is 7.96. The minimum atomic E-state index is -1.25. The van der Waals surface area contributed by atoms with Gasteiger partial charge in [0.1, 0.15) is 5.75 Å². The Kier molecular flexibility index (Phi) is 3.02. The van der Waals surface area contributed by atoms with Crippen LogP contribution in [0.5, 0.6) is 5.75 Å². The molecule has 1 unspecified atom stereocenters. The third-order valence-electron chi connectivity index (χ3n) is 2.37. The van der Waals surface area contributed by atoms with E-state index in [0.29, 0.717) is 16.5 Å². The topological polar surface area (TPSA) is 58.6 Å². The van der Waals surface area contributed by atoms with E-state index in [2.05, 4.69) is 27.9 Å². The molecule has 1 aliphatic heterocycles. The predicted octanol–water partition coefficient (Wildman–Crippen LogP) is 2.03. The molecule has 1 aromatic carbocycles. The van der Waals surface area contributed by atoms with Crippen LogP contribution in [-0.2, 0) is 4.79 Å². The normalized spacial score (nSPS) is 23.4. The van der Waals surface area contributed by atoms with Crippen molar-refractivity contribution in [1.82, 2.24) is 0 Å². The molecule has 1 amide bonds. The Morgan fingerprint density at radius 3 is 2.94 bits per heavy atom. The second-order valence-electron chi connectivity index (χ2n) is 3.71. The molecule has 0 saturated heterocycles. The molecular weight excluding hydrogens is 344 g/mol. The lowest BCUT2D eigenvalue weighted by molar-refractivity contribution is -0.134. The quantitative estimate of drug-likeness (QED) is 0.760. The summed E-state index contributed by atoms with van der Waals surface area (Å²) in [5, 5.41) is 12.4. The smallest absolute Gasteiger partial charge is 0.270 e. The molecule has 0 aliphatic carbocycles. The van der Waals surface area contributed by atoms with Crippen molar-refractivity contribution in [2.45, 2.75) is 12.5 Å². The summed E-state index contributed by atoms with van der Waals surface area (Å²) in [5.41, 5.74) is -0.651. The van der Waals surface area contributed by atoms with E-state index in [0.717, 1.165) is 3.57 Å². The Balaban J connectivity index is 2.51. The van der Waals surface area contributed by atoms with Crippen molar-refractivity contribution in [3.8, 4) is 5.75 Å². The van der Waals surface area contributed by atoms with Gasteiger partial charge in [-0.2, -0.15) is 0 Å². The Labute approximate surface area is 111 Å². The number of hydrogen-bond donors (Lipinski definition) is 2. The summed E-state index contributed by atoms with van der Waals surface area (Å²) in [7, 11) is 0. The predicted molar refractivity (Wildman–Crippen MR) is 68.9 cm³/mol. The van der Waals surface area contributed by atoms with Gasteiger partial charge in [0, 0.05) is 14.7 Å². The van der Waals surface area contributed by atoms with Crippen LogP contribution in [0.1, 0.15) is 6.92 Å². The van der Waals surface area contributed by atoms with Crippen molar-refractivity contribution < 1.29 is 14.6 Å². The molecule has 86 valence electrons. The first-order chi connectivity index (χ1) is 7.46. The molecule has 1 heterocycles. The summed E-state index contributed by atoms with van der Waals surface area (Å²) < 4.78 is 6.29. The summed E-state index contributed by atoms with van der Waals surface area (Å²) in [6.45, 7) is 1.14. The number of aliphatic hydroxyl groups excluding tert-OH is 1. The van der Waals surface area contributed by atoms with Crippen LogP contribution < -0.4 is 10.1 Å². The number of aliphatic hydroxyl groups is 1. The number of carbonyl (C=O) groups is 1. The lowest BCUT2D eigenvalue weighted by Gasteiger charge is -2.33. The highest BCUT2D eigenvalue weighted by molar-refractivity contribution is 14.1. The Morgan fingerprint density at radius 1 is 1.62 bits per heavy atom. The highest BCUT2D eigenvalue weighted by Gasteiger charge is 2.40. The van der Waals surface area contributed by atoms with Crippen molar-refractivity contribution >= 4 is 45.8 Å². The van der Waals surface area contributed by atoms with E-state index >= 15 is 0 Å². The van der Waals surface area contributed by atoms with Gasteiger partial charge in [0.15, 0.2) is 0 Å². The molecule has 0 fully saturated rings. The highest BCUT2D eigenvalue weighted by atomic mass is 127. The molecule has 1 aliphatic rings. The summed E-state index contributed by atoms with van der Waals surface area (Å²) in [5.74, 6) is 0.121. The number of halogens is 2. The summed E-state index contributed by atoms with van der Waals surface area (Å²) in [6, 6.07) is 3.35. The van der Waals surface area contributed by atoms with Crippen molar-refractivity contribution in [3.05, 3.63) is 20.7 Å². The molecule has 6 heteroatoms. The number of amides is 1. The van der Waals surface area contributed by atoms with Crippen LogP contribution in [-0.4, -0.2) is 23.2 Å². The van der Waals surface area contributed by atoms with Crippen molar-refractivity contribution in [2.75, 3.05) is 11.9 Å². The zero-order chi connectivity index (χ0) is 11.9. The van der Waals surface area contributed by atoms with Gasteiger partial charge < -0.3 is 15.2 Å². The van der Waals surface area contributed by atoms with Crippen LogP contribution in [0.15, 0.2) is 12.1 Å². The second kappa shape index (κ2) is 4.05. The molecular formula is C10H9ClINO3. The van der Waals surface area contributed by atoms with Gasteiger partial charge in [-0.1, -0.05) is 11.6 Å². The summed E-state index contributed by atoms with van der Waals surface area (Å²) in [6.07, 6.45) is 0. The van der Waals surface area contributed by atoms with E-state index in [-0.39, 0.29) is 12.5 Å². The molecule has 0 radical (unpaired) electrons. The minimum Gasteiger partial charge on any atom is -0.473 e. The Morgan fingerprint density at radius 2 is 2.31 bits per heavy atom. The fourth-order valence-electron chi connectivity index (χ4n) is 1.39. The fraction of sp³-hybridized carbons (Fsp3) is 0.300. The standard InChI is InChI=1S/C10H9ClINO3/c1-10(4-14)9(15)13-8-6(12)2-5(11)3-7(8)16-10/h2-3,14H,4H2,1H3,(H,13,15). The fourth-order valence-corrected chi connectivity index (χ4v) is 2.52. The molecule has 4 nitrogen and oxygen atoms in total. The number of nitrogens with one attached hydrogen (secondary N) is 1. The molecule has 2 rings (SSSR count). The summed E-state index contributed by atoms with van der Waals surface area (Å²) in [4.78, 5) is 11.7. The number of benzene rings is 1. The molecule has 0 saturated carbocycles. The van der Waals surface area contributed by atoms with Crippen LogP contribution in [0.25, 0.3) is 0 Å². The Bertz CT molecular complexity index is 466. The molecule has 2 N–H and O–H groups in total. The van der Waals surface area contributed by atoms with Gasteiger partial charge in [0.05, 0.1) is 12.3 Å². The number of ether oxygens (including phenoxy) is 1. The highest BCUT2D eigenvalue weighted by Crippen LogP contribution is 2.39. The first kappa shape index (κ1) is 11.9. The maximum Gasteiger partial charge on any atom is 0.270 e. The molecule has 0 spiro atoms. The first-order valence-electron chi connectivity index (χ1n) is 4.56. The average Bonchev–Trinajstić information content (AvgIpc) is 2.21. The van der Waals surface area contributed by atoms with Crippen molar-refractivity contribution in [1.29, 1.82) is 0 Å². The second-order valence-corrected chi connectivity index (χ2v) is 5.30. The number of rotatable bonds is 1. The van der Waals surface area contributed by atoms with Crippen molar-refractivity contribution in [2.24, 2.45) is 0 Å². The van der Waals surface area contributed by atoms with Crippen LogP contribution in [0, 0.1) is 3.57 Å². The van der Waals surface area contributed by atoms with Crippen LogP contribution in [0.3, 0.4) is 0 Å². The maximum atomic E-state index is 11.7. The SMILES string of the molecule is CC1(CO)Oc2cc(Cl)cc(I)c2NC1=O. The number of hydrogen-bond acceptors (Lipinski definition) is 3. The first-order valence-corrected chi connectivity index (χ1v) is 6.02. The van der Waals surface area contributed by atoms with Crippen molar-refractivity contribution in [3.63, 3.8) is 0 Å². The van der Waals surface area contributed by atoms with Crippen LogP contribution >= 0.6 is 34.2 Å². The minimum absolute atomic E-state index is 0.359. The molecule has 1 atom stereocenters. The van der Waals surface area contributed by atoms with Gasteiger partial charge in [-0.3, -0.25) is 4.79 Å². The largest absolute Gasteiger partial charge is 0.473 e. The number of carbonyl (C=O) groups excluding carboxylic acids is 1. The van der Waals surface area contributed by atoms with E-state index in [9.17, 15) is 4.79 Å². The lowest BCUT2D eigenvalue weighted by atomic mass is 10.0. The van der Waals surface area contributed by atoms with Gasteiger partial charge in [0.2, 0.25) is 5.60 Å². The molecule has 0 aromatic heterocycles.